The Morgan fingerprint density at radius 1 is 0.547 bits per heavy atom. The molecule has 27 nitrogen and oxygen atoms in total. The minimum atomic E-state index is -1.82. The molecule has 5 saturated heterocycles. The SMILES string of the molecule is CC1[C@H](O[C@H]2OC(CO)[C@@H](O[C@@H]3O[C@@H](C(=O)O)[C@@H](O[C@H]4O[C@@H](CO)[C@@H](C)C(C)[C@@H]4N=[N+]=[N-])C(C)[C@@H]3C)C(O)[C@@H]2N=[N+]=[N-])C(OC=O)O[C@@H](O[C@@H]2C(CO)O[C@H](C)[C@@H](N=[N+]=[N-])C2C)[C@H]1O. The predicted molar refractivity (Wildman–Crippen MR) is 210 cm³/mol. The lowest BCUT2D eigenvalue weighted by molar-refractivity contribution is -0.383. The Morgan fingerprint density at radius 3 is 1.67 bits per heavy atom. The summed E-state index contributed by atoms with van der Waals surface area (Å²) in [6, 6.07) is -3.25. The first kappa shape index (κ1) is 51.3. The van der Waals surface area contributed by atoms with E-state index in [1.165, 1.54) is 6.92 Å². The molecule has 8 unspecified atom stereocenters. The number of rotatable bonds is 17. The van der Waals surface area contributed by atoms with Crippen LogP contribution in [0.5, 0.6) is 0 Å². The van der Waals surface area contributed by atoms with E-state index in [0.29, 0.717) is 0 Å². The molecule has 0 amide bonds. The quantitative estimate of drug-likeness (QED) is 0.0512. The summed E-state index contributed by atoms with van der Waals surface area (Å²) in [6.45, 7) is 10.1. The fraction of sp³-hybridized carbons (Fsp3) is 0.946. The van der Waals surface area contributed by atoms with Gasteiger partial charge in [0.25, 0.3) is 6.47 Å². The molecule has 0 aromatic rings. The first-order valence-electron chi connectivity index (χ1n) is 21.0. The van der Waals surface area contributed by atoms with Crippen molar-refractivity contribution in [2.45, 2.75) is 165 Å². The van der Waals surface area contributed by atoms with E-state index in [9.17, 15) is 51.3 Å². The van der Waals surface area contributed by atoms with Gasteiger partial charge in [-0.25, -0.2) is 4.79 Å². The van der Waals surface area contributed by atoms with Crippen LogP contribution in [0.2, 0.25) is 0 Å². The Hall–Kier alpha value is -3.69. The molecule has 5 fully saturated rings. The van der Waals surface area contributed by atoms with Crippen LogP contribution in [0.3, 0.4) is 0 Å². The molecule has 360 valence electrons. The number of carboxylic acids is 1. The second-order valence-electron chi connectivity index (χ2n) is 17.0. The molecule has 27 heteroatoms. The van der Waals surface area contributed by atoms with Gasteiger partial charge in [0.1, 0.15) is 42.7 Å². The van der Waals surface area contributed by atoms with Gasteiger partial charge in [0.05, 0.1) is 56.3 Å². The number of hydrogen-bond donors (Lipinski definition) is 6. The average Bonchev–Trinajstić information content (AvgIpc) is 3.27. The Kier molecular flexibility index (Phi) is 18.2. The van der Waals surface area contributed by atoms with Crippen molar-refractivity contribution < 1.29 is 87.6 Å². The van der Waals surface area contributed by atoms with E-state index in [0.717, 1.165) is 0 Å². The highest BCUT2D eigenvalue weighted by atomic mass is 16.8. The number of aliphatic hydroxyl groups is 5. The van der Waals surface area contributed by atoms with Gasteiger partial charge < -0.3 is 78.0 Å². The van der Waals surface area contributed by atoms with Gasteiger partial charge in [-0.3, -0.25) is 4.79 Å². The van der Waals surface area contributed by atoms with Crippen molar-refractivity contribution in [2.24, 2.45) is 50.9 Å². The van der Waals surface area contributed by atoms with Gasteiger partial charge in [-0.1, -0.05) is 56.9 Å². The lowest BCUT2D eigenvalue weighted by Crippen LogP contribution is -2.65. The molecular formula is C37H59N9O18. The van der Waals surface area contributed by atoms with Crippen molar-refractivity contribution >= 4 is 12.4 Å². The monoisotopic (exact) mass is 917 g/mol. The summed E-state index contributed by atoms with van der Waals surface area (Å²) in [4.78, 5) is 33.1. The summed E-state index contributed by atoms with van der Waals surface area (Å²) in [6.07, 6.45) is -21.4. The summed E-state index contributed by atoms with van der Waals surface area (Å²) in [5.41, 5.74) is 28.0. The molecule has 0 aliphatic carbocycles. The van der Waals surface area contributed by atoms with Crippen LogP contribution in [0.4, 0.5) is 0 Å². The van der Waals surface area contributed by atoms with Crippen LogP contribution in [-0.2, 0) is 57.0 Å². The number of carboxylic acid groups (broad SMARTS) is 1. The number of azide groups is 3. The Labute approximate surface area is 366 Å². The third kappa shape index (κ3) is 10.6. The van der Waals surface area contributed by atoms with Gasteiger partial charge in [-0.15, -0.1) is 0 Å². The van der Waals surface area contributed by atoms with Gasteiger partial charge >= 0.3 is 5.97 Å². The predicted octanol–water partition coefficient (Wildman–Crippen LogP) is 0.981. The van der Waals surface area contributed by atoms with Crippen molar-refractivity contribution in [3.8, 4) is 0 Å². The summed E-state index contributed by atoms with van der Waals surface area (Å²) in [5, 5.41) is 75.4. The van der Waals surface area contributed by atoms with Gasteiger partial charge in [0.2, 0.25) is 6.29 Å². The number of ether oxygens (including phenoxy) is 10. The maximum absolute atomic E-state index is 12.7. The molecule has 0 saturated carbocycles. The lowest BCUT2D eigenvalue weighted by atomic mass is 9.81. The maximum atomic E-state index is 12.7. The van der Waals surface area contributed by atoms with Gasteiger partial charge in [0, 0.05) is 26.6 Å². The fourth-order valence-electron chi connectivity index (χ4n) is 9.13. The molecule has 5 rings (SSSR count). The summed E-state index contributed by atoms with van der Waals surface area (Å²) in [7, 11) is 0. The summed E-state index contributed by atoms with van der Waals surface area (Å²) >= 11 is 0. The molecule has 64 heavy (non-hydrogen) atoms. The smallest absolute Gasteiger partial charge is 0.335 e. The van der Waals surface area contributed by atoms with Crippen molar-refractivity contribution in [3.63, 3.8) is 0 Å². The molecular weight excluding hydrogens is 858 g/mol. The molecule has 0 bridgehead atoms. The van der Waals surface area contributed by atoms with E-state index < -0.39 is 160 Å². The highest BCUT2D eigenvalue weighted by Crippen LogP contribution is 2.42. The van der Waals surface area contributed by atoms with Gasteiger partial charge in [0.15, 0.2) is 31.3 Å². The van der Waals surface area contributed by atoms with Gasteiger partial charge in [-0.05, 0) is 47.2 Å². The number of nitrogens with zero attached hydrogens (tertiary/aromatic N) is 9. The molecule has 0 aromatic heterocycles. The van der Waals surface area contributed by atoms with Crippen molar-refractivity contribution in [2.75, 3.05) is 19.8 Å². The number of carbonyl (C=O) groups is 2. The third-order valence-electron chi connectivity index (χ3n) is 13.4. The third-order valence-corrected chi connectivity index (χ3v) is 13.4. The molecule has 6 N–H and O–H groups in total. The van der Waals surface area contributed by atoms with Crippen molar-refractivity contribution in [1.82, 2.24) is 0 Å². The molecule has 5 heterocycles. The second kappa shape index (κ2) is 22.7. The molecule has 0 spiro atoms. The fourth-order valence-corrected chi connectivity index (χ4v) is 9.13. The van der Waals surface area contributed by atoms with Crippen LogP contribution in [0, 0.1) is 35.5 Å². The normalized spacial score (nSPS) is 47.2. The Morgan fingerprint density at radius 2 is 1.08 bits per heavy atom. The topological polar surface area (TPSA) is 394 Å². The molecule has 0 aromatic carbocycles. The molecule has 5 aliphatic heterocycles. The van der Waals surface area contributed by atoms with E-state index in [4.69, 9.17) is 52.9 Å². The number of aliphatic carboxylic acids is 1. The standard InChI is InChI=1S/C37H59N9O18/c1-12-13(2)23(42-45-39)34(57-19(12)8-47)60-28-14(3)15(4)33(63-31(28)32(53)54)62-30-21(10-49)58-35(24(26(30)52)43-46-40)61-29-17(6)25(51)36(64-37(29)55-11-50)59-27-16(5)22(41-44-38)18(7)56-20(27)9-48/h11-31,33-37,47-49,51-52H,8-10H2,1-7H3,(H,53,54)/t12-,13?,14?,15-,16?,17?,18+,19-,20?,21?,22-,23-,24-,25-,26?,27-,28-,29-,30+,31+,33+,34+,35+,36+,37?/m0/s1. The first-order valence-corrected chi connectivity index (χ1v) is 21.0. The van der Waals surface area contributed by atoms with Gasteiger partial charge in [-0.2, -0.15) is 0 Å². The Balaban J connectivity index is 1.32. The average molecular weight is 918 g/mol. The van der Waals surface area contributed by atoms with E-state index in [-0.39, 0.29) is 24.9 Å². The molecule has 25 atom stereocenters. The van der Waals surface area contributed by atoms with Crippen LogP contribution in [0.15, 0.2) is 15.3 Å². The number of carbonyl (C=O) groups excluding carboxylic acids is 1. The largest absolute Gasteiger partial charge is 0.479 e. The van der Waals surface area contributed by atoms with E-state index >= 15 is 0 Å². The summed E-state index contributed by atoms with van der Waals surface area (Å²) < 4.78 is 59.5. The lowest BCUT2D eigenvalue weighted by Gasteiger charge is -2.50. The van der Waals surface area contributed by atoms with Crippen LogP contribution < -0.4 is 0 Å². The van der Waals surface area contributed by atoms with Crippen LogP contribution in [-0.4, -0.2) is 180 Å². The number of hydrogen-bond acceptors (Lipinski definition) is 20. The number of aliphatic hydroxyl groups excluding tert-OH is 5. The minimum Gasteiger partial charge on any atom is -0.479 e. The van der Waals surface area contributed by atoms with Crippen molar-refractivity contribution in [1.29, 1.82) is 0 Å². The van der Waals surface area contributed by atoms with Crippen LogP contribution in [0.25, 0.3) is 31.3 Å². The van der Waals surface area contributed by atoms with E-state index in [1.807, 2.05) is 6.92 Å². The highest BCUT2D eigenvalue weighted by Gasteiger charge is 2.56. The highest BCUT2D eigenvalue weighted by molar-refractivity contribution is 5.73. The summed E-state index contributed by atoms with van der Waals surface area (Å²) in [5.74, 6) is -4.98. The zero-order valence-electron chi connectivity index (χ0n) is 36.2. The zero-order valence-corrected chi connectivity index (χ0v) is 36.2. The van der Waals surface area contributed by atoms with Crippen LogP contribution in [0.1, 0.15) is 48.5 Å². The minimum absolute atomic E-state index is 0.0481. The molecule has 0 radical (unpaired) electrons. The first-order chi connectivity index (χ1) is 30.5. The second-order valence-corrected chi connectivity index (χ2v) is 17.0. The zero-order chi connectivity index (χ0) is 47.2. The maximum Gasteiger partial charge on any atom is 0.335 e. The van der Waals surface area contributed by atoms with Crippen molar-refractivity contribution in [3.05, 3.63) is 31.3 Å². The molecule has 5 aliphatic rings. The van der Waals surface area contributed by atoms with Crippen LogP contribution >= 0.6 is 0 Å². The van der Waals surface area contributed by atoms with E-state index in [2.05, 4.69) is 30.1 Å². The Bertz CT molecular complexity index is 1730. The van der Waals surface area contributed by atoms with E-state index in [1.54, 1.807) is 34.6 Å².